The van der Waals surface area contributed by atoms with Crippen LogP contribution in [-0.4, -0.2) is 4.98 Å². The van der Waals surface area contributed by atoms with Crippen molar-refractivity contribution in [2.24, 2.45) is 0 Å². The third-order valence-electron chi connectivity index (χ3n) is 4.30. The van der Waals surface area contributed by atoms with Crippen LogP contribution >= 0.6 is 11.3 Å². The summed E-state index contributed by atoms with van der Waals surface area (Å²) in [4.78, 5) is 4.79. The van der Waals surface area contributed by atoms with Gasteiger partial charge in [0.1, 0.15) is 5.01 Å². The molecule has 0 amide bonds. The van der Waals surface area contributed by atoms with E-state index in [-0.39, 0.29) is 0 Å². The number of benzene rings is 3. The van der Waals surface area contributed by atoms with Crippen LogP contribution in [0.2, 0.25) is 0 Å². The van der Waals surface area contributed by atoms with E-state index in [1.54, 1.807) is 11.3 Å². The van der Waals surface area contributed by atoms with Crippen molar-refractivity contribution >= 4 is 21.6 Å². The van der Waals surface area contributed by atoms with Crippen LogP contribution in [0, 0.1) is 20.8 Å². The molecule has 0 N–H and O–H groups in total. The number of thiazole rings is 1. The molecule has 0 fully saturated rings. The van der Waals surface area contributed by atoms with Crippen molar-refractivity contribution in [2.45, 2.75) is 20.8 Å². The number of aromatic nitrogens is 1. The van der Waals surface area contributed by atoms with Gasteiger partial charge in [0.05, 0.1) is 10.2 Å². The SMILES string of the molecule is Cc1cc(C)cc(-c2ccc(-c3nc4cccc(C)c4s3)cc2)c1. The Balaban J connectivity index is 1.73. The molecule has 0 unspecified atom stereocenters. The Morgan fingerprint density at radius 2 is 1.38 bits per heavy atom. The van der Waals surface area contributed by atoms with Gasteiger partial charge >= 0.3 is 0 Å². The van der Waals surface area contributed by atoms with E-state index in [9.17, 15) is 0 Å². The molecule has 118 valence electrons. The number of aryl methyl sites for hydroxylation is 3. The van der Waals surface area contributed by atoms with Gasteiger partial charge in [0, 0.05) is 5.56 Å². The van der Waals surface area contributed by atoms with E-state index in [4.69, 9.17) is 4.98 Å². The van der Waals surface area contributed by atoms with Crippen molar-refractivity contribution in [2.75, 3.05) is 0 Å². The Hall–Kier alpha value is -2.45. The zero-order valence-electron chi connectivity index (χ0n) is 14.1. The van der Waals surface area contributed by atoms with Gasteiger partial charge < -0.3 is 0 Å². The van der Waals surface area contributed by atoms with E-state index in [2.05, 4.69) is 81.4 Å². The van der Waals surface area contributed by atoms with Gasteiger partial charge in [-0.2, -0.15) is 0 Å². The lowest BCUT2D eigenvalue weighted by Crippen LogP contribution is -1.83. The van der Waals surface area contributed by atoms with E-state index in [0.29, 0.717) is 0 Å². The summed E-state index contributed by atoms with van der Waals surface area (Å²) in [5, 5.41) is 1.09. The van der Waals surface area contributed by atoms with Crippen LogP contribution in [0.25, 0.3) is 31.9 Å². The molecule has 0 aliphatic rings. The van der Waals surface area contributed by atoms with Crippen molar-refractivity contribution in [3.05, 3.63) is 77.4 Å². The minimum absolute atomic E-state index is 1.09. The largest absolute Gasteiger partial charge is 0.236 e. The summed E-state index contributed by atoms with van der Waals surface area (Å²) >= 11 is 1.77. The zero-order valence-corrected chi connectivity index (χ0v) is 14.9. The van der Waals surface area contributed by atoms with Crippen molar-refractivity contribution in [3.63, 3.8) is 0 Å². The summed E-state index contributed by atoms with van der Waals surface area (Å²) in [6.07, 6.45) is 0. The number of hydrogen-bond donors (Lipinski definition) is 0. The highest BCUT2D eigenvalue weighted by Crippen LogP contribution is 2.33. The summed E-state index contributed by atoms with van der Waals surface area (Å²) in [5.74, 6) is 0. The second-order valence-electron chi connectivity index (χ2n) is 6.40. The fourth-order valence-electron chi connectivity index (χ4n) is 3.16. The van der Waals surface area contributed by atoms with E-state index in [1.165, 1.54) is 38.1 Å². The molecule has 0 saturated carbocycles. The highest BCUT2D eigenvalue weighted by molar-refractivity contribution is 7.21. The van der Waals surface area contributed by atoms with Gasteiger partial charge in [0.15, 0.2) is 0 Å². The van der Waals surface area contributed by atoms with E-state index < -0.39 is 0 Å². The van der Waals surface area contributed by atoms with E-state index in [1.807, 2.05) is 0 Å². The molecule has 4 rings (SSSR count). The first-order valence-electron chi connectivity index (χ1n) is 8.15. The van der Waals surface area contributed by atoms with Gasteiger partial charge in [0.2, 0.25) is 0 Å². The van der Waals surface area contributed by atoms with Gasteiger partial charge in [-0.3, -0.25) is 0 Å². The molecule has 0 radical (unpaired) electrons. The van der Waals surface area contributed by atoms with Crippen LogP contribution in [0.1, 0.15) is 16.7 Å². The van der Waals surface area contributed by atoms with Gasteiger partial charge in [-0.05, 0) is 43.5 Å². The van der Waals surface area contributed by atoms with Crippen LogP contribution < -0.4 is 0 Å². The van der Waals surface area contributed by atoms with Crippen LogP contribution in [0.15, 0.2) is 60.7 Å². The maximum absolute atomic E-state index is 4.79. The lowest BCUT2D eigenvalue weighted by atomic mass is 10.00. The summed E-state index contributed by atoms with van der Waals surface area (Å²) in [6.45, 7) is 6.44. The maximum Gasteiger partial charge on any atom is 0.124 e. The van der Waals surface area contributed by atoms with Gasteiger partial charge in [-0.15, -0.1) is 11.3 Å². The Bertz CT molecular complexity index is 1010. The summed E-state index contributed by atoms with van der Waals surface area (Å²) in [7, 11) is 0. The summed E-state index contributed by atoms with van der Waals surface area (Å²) < 4.78 is 1.28. The fraction of sp³-hybridized carbons (Fsp3) is 0.136. The molecule has 3 aromatic carbocycles. The van der Waals surface area contributed by atoms with E-state index in [0.717, 1.165) is 10.5 Å². The molecular weight excluding hydrogens is 310 g/mol. The van der Waals surface area contributed by atoms with Crippen molar-refractivity contribution in [1.29, 1.82) is 0 Å². The molecule has 0 aliphatic heterocycles. The molecular formula is C22H19NS. The maximum atomic E-state index is 4.79. The number of nitrogens with zero attached hydrogens (tertiary/aromatic N) is 1. The lowest BCUT2D eigenvalue weighted by Gasteiger charge is -2.06. The number of hydrogen-bond acceptors (Lipinski definition) is 2. The zero-order chi connectivity index (χ0) is 16.7. The molecule has 0 aliphatic carbocycles. The molecule has 24 heavy (non-hydrogen) atoms. The molecule has 0 saturated heterocycles. The van der Waals surface area contributed by atoms with Crippen molar-refractivity contribution in [3.8, 4) is 21.7 Å². The summed E-state index contributed by atoms with van der Waals surface area (Å²) in [5.41, 5.74) is 8.70. The molecule has 1 heterocycles. The van der Waals surface area contributed by atoms with Crippen LogP contribution in [0.5, 0.6) is 0 Å². The highest BCUT2D eigenvalue weighted by Gasteiger charge is 2.08. The molecule has 2 heteroatoms. The summed E-state index contributed by atoms with van der Waals surface area (Å²) in [6, 6.07) is 21.8. The minimum atomic E-state index is 1.09. The second-order valence-corrected chi connectivity index (χ2v) is 7.39. The smallest absolute Gasteiger partial charge is 0.124 e. The molecule has 0 bridgehead atoms. The first-order valence-corrected chi connectivity index (χ1v) is 8.97. The van der Waals surface area contributed by atoms with Gasteiger partial charge in [0.25, 0.3) is 0 Å². The monoisotopic (exact) mass is 329 g/mol. The molecule has 0 spiro atoms. The topological polar surface area (TPSA) is 12.9 Å². The van der Waals surface area contributed by atoms with Crippen LogP contribution in [0.3, 0.4) is 0 Å². The standard InChI is InChI=1S/C22H19NS/c1-14-11-15(2)13-19(12-14)17-7-9-18(10-8-17)22-23-20-6-4-5-16(3)21(20)24-22/h4-13H,1-3H3. The quantitative estimate of drug-likeness (QED) is 0.406. The number of fused-ring (bicyclic) bond motifs is 1. The predicted octanol–water partition coefficient (Wildman–Crippen LogP) is 6.56. The van der Waals surface area contributed by atoms with Crippen molar-refractivity contribution < 1.29 is 0 Å². The minimum Gasteiger partial charge on any atom is -0.236 e. The van der Waals surface area contributed by atoms with Gasteiger partial charge in [-0.1, -0.05) is 65.7 Å². The van der Waals surface area contributed by atoms with Crippen molar-refractivity contribution in [1.82, 2.24) is 4.98 Å². The first-order chi connectivity index (χ1) is 11.6. The highest BCUT2D eigenvalue weighted by atomic mass is 32.1. The van der Waals surface area contributed by atoms with Gasteiger partial charge in [-0.25, -0.2) is 4.98 Å². The third kappa shape index (κ3) is 2.74. The first kappa shape index (κ1) is 15.1. The Labute approximate surface area is 146 Å². The average molecular weight is 329 g/mol. The third-order valence-corrected chi connectivity index (χ3v) is 5.55. The fourth-order valence-corrected chi connectivity index (χ4v) is 4.20. The molecule has 1 nitrogen and oxygen atoms in total. The molecule has 1 aromatic heterocycles. The Kier molecular flexibility index (Phi) is 3.70. The molecule has 4 aromatic rings. The van der Waals surface area contributed by atoms with Crippen LogP contribution in [-0.2, 0) is 0 Å². The lowest BCUT2D eigenvalue weighted by molar-refractivity contribution is 1.38. The molecule has 0 atom stereocenters. The Morgan fingerprint density at radius 1 is 0.708 bits per heavy atom. The normalized spacial score (nSPS) is 11.1. The second kappa shape index (κ2) is 5.88. The van der Waals surface area contributed by atoms with E-state index >= 15 is 0 Å². The average Bonchev–Trinajstić information content (AvgIpc) is 3.00. The van der Waals surface area contributed by atoms with Crippen LogP contribution in [0.4, 0.5) is 0 Å². The Morgan fingerprint density at radius 3 is 2.04 bits per heavy atom. The number of rotatable bonds is 2. The predicted molar refractivity (Wildman–Crippen MR) is 105 cm³/mol.